The van der Waals surface area contributed by atoms with Crippen LogP contribution >= 0.6 is 0 Å². The quantitative estimate of drug-likeness (QED) is 0.460. The van der Waals surface area contributed by atoms with Crippen LogP contribution in [0.15, 0.2) is 76.0 Å². The normalized spacial score (nSPS) is 11.5. The lowest BCUT2D eigenvalue weighted by Gasteiger charge is -2.12. The predicted octanol–water partition coefficient (Wildman–Crippen LogP) is 4.58. The zero-order valence-electron chi connectivity index (χ0n) is 15.2. The Balaban J connectivity index is 1.81. The first-order valence-corrected chi connectivity index (χ1v) is 9.93. The summed E-state index contributed by atoms with van der Waals surface area (Å²) in [6.07, 6.45) is 0. The molecule has 0 atom stereocenters. The van der Waals surface area contributed by atoms with E-state index in [0.717, 1.165) is 5.56 Å². The molecule has 4 aromatic rings. The number of oxazole rings is 1. The van der Waals surface area contributed by atoms with Gasteiger partial charge in [0.05, 0.1) is 12.7 Å². The molecule has 0 N–H and O–H groups in total. The zero-order chi connectivity index (χ0) is 19.7. The Hall–Kier alpha value is -3.32. The smallest absolute Gasteiger partial charge is 0.342 e. The van der Waals surface area contributed by atoms with E-state index in [9.17, 15) is 8.42 Å². The second-order valence-corrected chi connectivity index (χ2v) is 7.69. The molecule has 6 nitrogen and oxygen atoms in total. The number of benzene rings is 3. The molecule has 0 saturated heterocycles. The van der Waals surface area contributed by atoms with Gasteiger partial charge in [0.15, 0.2) is 11.3 Å². The first kappa shape index (κ1) is 18.1. The summed E-state index contributed by atoms with van der Waals surface area (Å²) >= 11 is 0. The summed E-state index contributed by atoms with van der Waals surface area (Å²) in [5, 5.41) is 0. The van der Waals surface area contributed by atoms with E-state index in [2.05, 4.69) is 4.98 Å². The van der Waals surface area contributed by atoms with E-state index in [0.29, 0.717) is 16.7 Å². The van der Waals surface area contributed by atoms with E-state index in [1.165, 1.54) is 13.2 Å². The minimum absolute atomic E-state index is 0.0541. The number of hydrogen-bond donors (Lipinski definition) is 0. The fourth-order valence-corrected chi connectivity index (χ4v) is 3.97. The lowest BCUT2D eigenvalue weighted by molar-refractivity contribution is 0.398. The monoisotopic (exact) mass is 395 g/mol. The number of hydrogen-bond acceptors (Lipinski definition) is 6. The maximum Gasteiger partial charge on any atom is 0.342 e. The second kappa shape index (κ2) is 7.01. The molecule has 142 valence electrons. The average molecular weight is 395 g/mol. The van der Waals surface area contributed by atoms with Crippen molar-refractivity contribution >= 4 is 21.2 Å². The molecule has 0 bridgehead atoms. The Kier molecular flexibility index (Phi) is 4.52. The van der Waals surface area contributed by atoms with Crippen LogP contribution in [0.3, 0.4) is 0 Å². The maximum absolute atomic E-state index is 12.9. The summed E-state index contributed by atoms with van der Waals surface area (Å²) in [6.45, 7) is 1.89. The summed E-state index contributed by atoms with van der Waals surface area (Å²) in [4.78, 5) is 4.40. The highest BCUT2D eigenvalue weighted by molar-refractivity contribution is 7.87. The van der Waals surface area contributed by atoms with Gasteiger partial charge in [0.2, 0.25) is 5.89 Å². The number of aromatic nitrogens is 1. The second-order valence-electron chi connectivity index (χ2n) is 6.17. The van der Waals surface area contributed by atoms with Gasteiger partial charge >= 0.3 is 10.1 Å². The topological polar surface area (TPSA) is 78.6 Å². The van der Waals surface area contributed by atoms with Gasteiger partial charge in [0, 0.05) is 0 Å². The van der Waals surface area contributed by atoms with Gasteiger partial charge in [0.25, 0.3) is 0 Å². The molecule has 0 amide bonds. The first-order valence-electron chi connectivity index (χ1n) is 8.52. The van der Waals surface area contributed by atoms with Gasteiger partial charge in [-0.1, -0.05) is 35.9 Å². The number of para-hydroxylation sites is 3. The molecule has 28 heavy (non-hydrogen) atoms. The summed E-state index contributed by atoms with van der Waals surface area (Å²) < 4.78 is 42.2. The van der Waals surface area contributed by atoms with E-state index in [1.54, 1.807) is 42.5 Å². The van der Waals surface area contributed by atoms with Crippen LogP contribution in [0.4, 0.5) is 0 Å². The third-order valence-corrected chi connectivity index (χ3v) is 5.47. The van der Waals surface area contributed by atoms with Crippen molar-refractivity contribution in [1.29, 1.82) is 0 Å². The molecule has 7 heteroatoms. The largest absolute Gasteiger partial charge is 0.495 e. The molecular formula is C21H17NO5S. The first-order chi connectivity index (χ1) is 13.5. The Morgan fingerprint density at radius 2 is 1.68 bits per heavy atom. The molecule has 0 aliphatic heterocycles. The van der Waals surface area contributed by atoms with Gasteiger partial charge in [-0.05, 0) is 43.3 Å². The van der Waals surface area contributed by atoms with E-state index in [4.69, 9.17) is 13.3 Å². The number of methoxy groups -OCH3 is 1. The minimum atomic E-state index is -4.12. The van der Waals surface area contributed by atoms with E-state index < -0.39 is 10.1 Å². The Morgan fingerprint density at radius 1 is 0.929 bits per heavy atom. The van der Waals surface area contributed by atoms with Crippen molar-refractivity contribution in [3.63, 3.8) is 0 Å². The molecule has 0 aliphatic rings. The highest BCUT2D eigenvalue weighted by atomic mass is 32.2. The zero-order valence-corrected chi connectivity index (χ0v) is 16.1. The standard InChI is InChI=1S/C21H17NO5S/c1-14-11-12-17(27-28(23,24)20-10-6-5-9-19(20)25-2)15(13-14)21-22-16-7-3-4-8-18(16)26-21/h3-13H,1-2H3. The highest BCUT2D eigenvalue weighted by Gasteiger charge is 2.24. The summed E-state index contributed by atoms with van der Waals surface area (Å²) in [5.41, 5.74) is 2.66. The van der Waals surface area contributed by atoms with Crippen LogP contribution in [0, 0.1) is 6.92 Å². The molecule has 4 rings (SSSR count). The number of nitrogens with zero attached hydrogens (tertiary/aromatic N) is 1. The van der Waals surface area contributed by atoms with Crippen molar-refractivity contribution in [2.24, 2.45) is 0 Å². The highest BCUT2D eigenvalue weighted by Crippen LogP contribution is 2.35. The third-order valence-electron chi connectivity index (χ3n) is 4.20. The van der Waals surface area contributed by atoms with E-state index >= 15 is 0 Å². The Morgan fingerprint density at radius 3 is 2.46 bits per heavy atom. The Labute approximate surface area is 162 Å². The van der Waals surface area contributed by atoms with Crippen LogP contribution in [0.5, 0.6) is 11.5 Å². The molecule has 1 aromatic heterocycles. The van der Waals surface area contributed by atoms with Gasteiger partial charge < -0.3 is 13.3 Å². The van der Waals surface area contributed by atoms with Crippen LogP contribution in [0.2, 0.25) is 0 Å². The molecule has 0 spiro atoms. The molecule has 0 fully saturated rings. The van der Waals surface area contributed by atoms with Gasteiger partial charge in [0.1, 0.15) is 16.2 Å². The van der Waals surface area contributed by atoms with Gasteiger partial charge in [-0.2, -0.15) is 8.42 Å². The fraction of sp³-hybridized carbons (Fsp3) is 0.0952. The molecule has 1 heterocycles. The van der Waals surface area contributed by atoms with Crippen LogP contribution in [0.25, 0.3) is 22.6 Å². The maximum atomic E-state index is 12.9. The van der Waals surface area contributed by atoms with Gasteiger partial charge in [-0.25, -0.2) is 4.98 Å². The lowest BCUT2D eigenvalue weighted by Crippen LogP contribution is -2.11. The molecule has 0 aliphatic carbocycles. The number of aryl methyl sites for hydroxylation is 1. The average Bonchev–Trinajstić information content (AvgIpc) is 3.13. The molecule has 0 saturated carbocycles. The van der Waals surface area contributed by atoms with E-state index in [1.807, 2.05) is 25.1 Å². The van der Waals surface area contributed by atoms with Crippen molar-refractivity contribution < 1.29 is 21.8 Å². The van der Waals surface area contributed by atoms with Crippen LogP contribution < -0.4 is 8.92 Å². The molecule has 3 aromatic carbocycles. The third kappa shape index (κ3) is 3.32. The van der Waals surface area contributed by atoms with Crippen molar-refractivity contribution in [3.8, 4) is 23.0 Å². The fourth-order valence-electron chi connectivity index (χ4n) is 2.86. The lowest BCUT2D eigenvalue weighted by atomic mass is 10.1. The van der Waals surface area contributed by atoms with Crippen molar-refractivity contribution in [1.82, 2.24) is 4.98 Å². The van der Waals surface area contributed by atoms with Crippen molar-refractivity contribution in [2.45, 2.75) is 11.8 Å². The number of rotatable bonds is 5. The minimum Gasteiger partial charge on any atom is -0.495 e. The number of fused-ring (bicyclic) bond motifs is 1. The number of ether oxygens (including phenoxy) is 1. The van der Waals surface area contributed by atoms with Crippen LogP contribution in [0.1, 0.15) is 5.56 Å². The molecular weight excluding hydrogens is 378 g/mol. The van der Waals surface area contributed by atoms with Gasteiger partial charge in [-0.15, -0.1) is 0 Å². The molecule has 0 radical (unpaired) electrons. The predicted molar refractivity (Wildman–Crippen MR) is 105 cm³/mol. The van der Waals surface area contributed by atoms with Crippen LogP contribution in [-0.2, 0) is 10.1 Å². The van der Waals surface area contributed by atoms with Gasteiger partial charge in [-0.3, -0.25) is 0 Å². The van der Waals surface area contributed by atoms with E-state index in [-0.39, 0.29) is 22.3 Å². The SMILES string of the molecule is COc1ccccc1S(=O)(=O)Oc1ccc(C)cc1-c1nc2ccccc2o1. The Bertz CT molecular complexity index is 1230. The summed E-state index contributed by atoms with van der Waals surface area (Å²) in [7, 11) is -2.72. The summed E-state index contributed by atoms with van der Waals surface area (Å²) in [5.74, 6) is 0.621. The van der Waals surface area contributed by atoms with Crippen molar-refractivity contribution in [2.75, 3.05) is 7.11 Å². The van der Waals surface area contributed by atoms with Crippen molar-refractivity contribution in [3.05, 3.63) is 72.3 Å². The molecule has 0 unspecified atom stereocenters. The van der Waals surface area contributed by atoms with Crippen LogP contribution in [-0.4, -0.2) is 20.5 Å². The summed E-state index contributed by atoms with van der Waals surface area (Å²) in [6, 6.07) is 18.7.